The lowest BCUT2D eigenvalue weighted by molar-refractivity contribution is 0.0953. The Bertz CT molecular complexity index is 1110. The number of piperidine rings is 1. The van der Waals surface area contributed by atoms with Crippen molar-refractivity contribution in [3.8, 4) is 11.5 Å². The average Bonchev–Trinajstić information content (AvgIpc) is 3.25. The van der Waals surface area contributed by atoms with Crippen molar-refractivity contribution in [1.29, 1.82) is 0 Å². The van der Waals surface area contributed by atoms with Crippen molar-refractivity contribution < 1.29 is 14.3 Å². The first-order valence-corrected chi connectivity index (χ1v) is 11.1. The first-order chi connectivity index (χ1) is 16.1. The van der Waals surface area contributed by atoms with E-state index in [1.165, 1.54) is 12.4 Å². The summed E-state index contributed by atoms with van der Waals surface area (Å²) in [7, 11) is 0. The molecule has 0 radical (unpaired) electrons. The van der Waals surface area contributed by atoms with Crippen molar-refractivity contribution in [2.75, 3.05) is 31.1 Å². The predicted molar refractivity (Wildman–Crippen MR) is 123 cm³/mol. The summed E-state index contributed by atoms with van der Waals surface area (Å²) in [6.45, 7) is 4.34. The van der Waals surface area contributed by atoms with Crippen LogP contribution in [0.4, 0.5) is 5.95 Å². The van der Waals surface area contributed by atoms with E-state index < -0.39 is 0 Å². The number of aromatic nitrogens is 4. The van der Waals surface area contributed by atoms with Gasteiger partial charge in [0.1, 0.15) is 6.10 Å². The number of para-hydroxylation sites is 2. The van der Waals surface area contributed by atoms with E-state index in [9.17, 15) is 9.59 Å². The quantitative estimate of drug-likeness (QED) is 0.453. The molecule has 10 nitrogen and oxygen atoms in total. The third-order valence-corrected chi connectivity index (χ3v) is 5.41. The molecule has 3 heterocycles. The van der Waals surface area contributed by atoms with Gasteiger partial charge in [-0.05, 0) is 38.3 Å². The molecular formula is C23H28N6O4. The molecule has 2 aromatic heterocycles. The highest BCUT2D eigenvalue weighted by Crippen LogP contribution is 2.29. The van der Waals surface area contributed by atoms with Gasteiger partial charge in [0.15, 0.2) is 11.5 Å². The highest BCUT2D eigenvalue weighted by atomic mass is 16.5. The van der Waals surface area contributed by atoms with Gasteiger partial charge < -0.3 is 24.8 Å². The molecule has 1 aromatic carbocycles. The fraction of sp³-hybridized carbons (Fsp3) is 0.391. The summed E-state index contributed by atoms with van der Waals surface area (Å²) in [4.78, 5) is 34.7. The molecule has 1 amide bonds. The third-order valence-electron chi connectivity index (χ3n) is 5.41. The Morgan fingerprint density at radius 3 is 2.76 bits per heavy atom. The minimum Gasteiger partial charge on any atom is -0.490 e. The number of carbonyl (C=O) groups excluding carboxylic acids is 1. The lowest BCUT2D eigenvalue weighted by Gasteiger charge is -2.33. The summed E-state index contributed by atoms with van der Waals surface area (Å²) in [5, 5.41) is 7.89. The molecule has 10 heteroatoms. The normalized spacial score (nSPS) is 15.8. The topological polar surface area (TPSA) is 125 Å². The molecule has 0 aliphatic carbocycles. The smallest absolute Gasteiger partial charge is 0.267 e. The molecule has 1 unspecified atom stereocenters. The number of anilines is 1. The Balaban J connectivity index is 1.32. The van der Waals surface area contributed by atoms with Gasteiger partial charge in [0.2, 0.25) is 5.95 Å². The van der Waals surface area contributed by atoms with Crippen molar-refractivity contribution in [2.45, 2.75) is 32.3 Å². The second-order valence-electron chi connectivity index (χ2n) is 7.75. The van der Waals surface area contributed by atoms with Crippen LogP contribution in [0.25, 0.3) is 0 Å². The van der Waals surface area contributed by atoms with Crippen LogP contribution in [0.5, 0.6) is 11.5 Å². The monoisotopic (exact) mass is 452 g/mol. The average molecular weight is 453 g/mol. The largest absolute Gasteiger partial charge is 0.490 e. The van der Waals surface area contributed by atoms with Crippen LogP contribution in [-0.2, 0) is 6.42 Å². The molecule has 1 saturated heterocycles. The van der Waals surface area contributed by atoms with Crippen molar-refractivity contribution in [2.24, 2.45) is 0 Å². The minimum absolute atomic E-state index is 0.0106. The molecule has 1 aliphatic rings. The summed E-state index contributed by atoms with van der Waals surface area (Å²) < 4.78 is 11.9. The zero-order valence-corrected chi connectivity index (χ0v) is 18.5. The number of aromatic amines is 2. The molecule has 33 heavy (non-hydrogen) atoms. The highest BCUT2D eigenvalue weighted by molar-refractivity contribution is 5.93. The summed E-state index contributed by atoms with van der Waals surface area (Å²) in [6.07, 6.45) is 6.95. The molecule has 3 aromatic rings. The lowest BCUT2D eigenvalue weighted by Crippen LogP contribution is -2.42. The Kier molecular flexibility index (Phi) is 7.23. The molecule has 0 spiro atoms. The van der Waals surface area contributed by atoms with Crippen LogP contribution < -0.4 is 25.2 Å². The summed E-state index contributed by atoms with van der Waals surface area (Å²) in [6, 6.07) is 7.68. The Hall–Kier alpha value is -3.82. The van der Waals surface area contributed by atoms with Gasteiger partial charge in [0.05, 0.1) is 18.7 Å². The van der Waals surface area contributed by atoms with Crippen molar-refractivity contribution >= 4 is 11.9 Å². The van der Waals surface area contributed by atoms with Gasteiger partial charge in [0, 0.05) is 37.2 Å². The van der Waals surface area contributed by atoms with Gasteiger partial charge >= 0.3 is 0 Å². The van der Waals surface area contributed by atoms with E-state index in [-0.39, 0.29) is 17.6 Å². The number of H-pyrrole nitrogens is 2. The van der Waals surface area contributed by atoms with Crippen molar-refractivity contribution in [3.05, 3.63) is 64.3 Å². The van der Waals surface area contributed by atoms with Crippen molar-refractivity contribution in [3.63, 3.8) is 0 Å². The number of rotatable bonds is 9. The van der Waals surface area contributed by atoms with E-state index in [4.69, 9.17) is 9.47 Å². The first-order valence-electron chi connectivity index (χ1n) is 11.1. The number of ether oxygens (including phenoxy) is 2. The highest BCUT2D eigenvalue weighted by Gasteiger charge is 2.24. The number of carbonyl (C=O) groups is 1. The van der Waals surface area contributed by atoms with Crippen LogP contribution in [0, 0.1) is 0 Å². The molecule has 1 fully saturated rings. The maximum absolute atomic E-state index is 12.4. The Labute approximate surface area is 191 Å². The number of amides is 1. The number of hydrogen-bond acceptors (Lipinski definition) is 7. The van der Waals surface area contributed by atoms with Gasteiger partial charge in [0.25, 0.3) is 11.5 Å². The van der Waals surface area contributed by atoms with E-state index in [1.54, 1.807) is 6.20 Å². The Morgan fingerprint density at radius 2 is 2.03 bits per heavy atom. The second-order valence-corrected chi connectivity index (χ2v) is 7.75. The summed E-state index contributed by atoms with van der Waals surface area (Å²) in [5.41, 5.74) is 0.784. The fourth-order valence-corrected chi connectivity index (χ4v) is 3.75. The minimum atomic E-state index is -0.277. The van der Waals surface area contributed by atoms with E-state index in [0.717, 1.165) is 30.9 Å². The molecular weight excluding hydrogens is 424 g/mol. The number of benzene rings is 1. The van der Waals surface area contributed by atoms with E-state index in [2.05, 4.69) is 30.4 Å². The van der Waals surface area contributed by atoms with Gasteiger partial charge in [-0.15, -0.1) is 0 Å². The van der Waals surface area contributed by atoms with E-state index >= 15 is 0 Å². The van der Waals surface area contributed by atoms with E-state index in [1.807, 2.05) is 31.2 Å². The van der Waals surface area contributed by atoms with Crippen LogP contribution >= 0.6 is 0 Å². The van der Waals surface area contributed by atoms with Crippen LogP contribution in [-0.4, -0.2) is 58.4 Å². The number of nitrogens with one attached hydrogen (secondary N) is 3. The van der Waals surface area contributed by atoms with Gasteiger partial charge in [-0.25, -0.2) is 9.97 Å². The number of nitrogens with zero attached hydrogens (tertiary/aromatic N) is 3. The number of hydrogen-bond donors (Lipinski definition) is 3. The van der Waals surface area contributed by atoms with Gasteiger partial charge in [-0.1, -0.05) is 12.1 Å². The van der Waals surface area contributed by atoms with Crippen LogP contribution in [0.1, 0.15) is 35.7 Å². The molecule has 1 aliphatic heterocycles. The molecule has 0 bridgehead atoms. The van der Waals surface area contributed by atoms with Crippen LogP contribution in [0.15, 0.2) is 47.7 Å². The Morgan fingerprint density at radius 1 is 1.24 bits per heavy atom. The van der Waals surface area contributed by atoms with Crippen LogP contribution in [0.3, 0.4) is 0 Å². The maximum atomic E-state index is 12.4. The van der Waals surface area contributed by atoms with Crippen LogP contribution in [0.2, 0.25) is 0 Å². The molecule has 0 saturated carbocycles. The third kappa shape index (κ3) is 5.71. The predicted octanol–water partition coefficient (Wildman–Crippen LogP) is 1.91. The maximum Gasteiger partial charge on any atom is 0.267 e. The summed E-state index contributed by atoms with van der Waals surface area (Å²) >= 11 is 0. The lowest BCUT2D eigenvalue weighted by atomic mass is 10.1. The zero-order valence-electron chi connectivity index (χ0n) is 18.5. The fourth-order valence-electron chi connectivity index (χ4n) is 3.75. The molecule has 4 rings (SSSR count). The first kappa shape index (κ1) is 22.4. The standard InChI is InChI=1S/C23H28N6O4/c1-2-32-19-7-3-4-8-20(19)33-18-6-5-11-29(15-18)23-25-12-17(13-26-23)21(30)24-10-9-16-14-27-28-22(16)31/h3-4,7-8,12-14,18H,2,5-6,9-11,15H2,1H3,(H,24,30)(H2,27,28,31). The molecule has 174 valence electrons. The molecule has 1 atom stereocenters. The zero-order chi connectivity index (χ0) is 23.0. The second kappa shape index (κ2) is 10.7. The van der Waals surface area contributed by atoms with E-state index in [0.29, 0.717) is 43.2 Å². The van der Waals surface area contributed by atoms with Gasteiger partial charge in [-0.2, -0.15) is 0 Å². The SMILES string of the molecule is CCOc1ccccc1OC1CCCN(c2ncc(C(=O)NCCc3c[nH][nH]c3=O)cn2)C1. The summed E-state index contributed by atoms with van der Waals surface area (Å²) in [5.74, 6) is 1.77. The molecule has 3 N–H and O–H groups in total. The van der Waals surface area contributed by atoms with Crippen molar-refractivity contribution in [1.82, 2.24) is 25.5 Å². The van der Waals surface area contributed by atoms with Gasteiger partial charge in [-0.3, -0.25) is 14.7 Å².